The molecule has 0 saturated carbocycles. The van der Waals surface area contributed by atoms with E-state index in [4.69, 9.17) is 27.8 Å². The van der Waals surface area contributed by atoms with Crippen molar-refractivity contribution in [3.05, 3.63) is 64.1 Å². The van der Waals surface area contributed by atoms with Crippen LogP contribution in [0, 0.1) is 0 Å². The summed E-state index contributed by atoms with van der Waals surface area (Å²) >= 11 is 11.7. The van der Waals surface area contributed by atoms with E-state index in [-0.39, 0.29) is 18.1 Å². The molecule has 3 rings (SSSR count). The van der Waals surface area contributed by atoms with Crippen molar-refractivity contribution in [2.45, 2.75) is 6.42 Å². The van der Waals surface area contributed by atoms with Crippen LogP contribution in [0.3, 0.4) is 0 Å². The van der Waals surface area contributed by atoms with E-state index in [9.17, 15) is 4.79 Å². The smallest absolute Gasteiger partial charge is 0.230 e. The van der Waals surface area contributed by atoms with Gasteiger partial charge in [-0.15, -0.1) is 0 Å². The summed E-state index contributed by atoms with van der Waals surface area (Å²) in [5.74, 6) is 0.0459. The molecule has 23 heavy (non-hydrogen) atoms. The largest absolute Gasteiger partial charge is 0.306 e. The van der Waals surface area contributed by atoms with Gasteiger partial charge in [-0.25, -0.2) is 4.63 Å². The first-order valence-electron chi connectivity index (χ1n) is 6.74. The van der Waals surface area contributed by atoms with Crippen molar-refractivity contribution in [2.24, 2.45) is 0 Å². The molecule has 0 unspecified atom stereocenters. The Kier molecular flexibility index (Phi) is 4.60. The molecule has 0 spiro atoms. The Morgan fingerprint density at radius 3 is 2.22 bits per heavy atom. The minimum atomic E-state index is -0.224. The van der Waals surface area contributed by atoms with Gasteiger partial charge in [0.25, 0.3) is 0 Å². The minimum Gasteiger partial charge on any atom is -0.306 e. The van der Waals surface area contributed by atoms with Crippen molar-refractivity contribution in [1.82, 2.24) is 10.3 Å². The average Bonchev–Trinajstić information content (AvgIpc) is 2.98. The first-order chi connectivity index (χ1) is 11.1. The summed E-state index contributed by atoms with van der Waals surface area (Å²) in [6.07, 6.45) is 0.198. The maximum Gasteiger partial charge on any atom is 0.230 e. The van der Waals surface area contributed by atoms with Crippen LogP contribution in [0.25, 0.3) is 11.3 Å². The van der Waals surface area contributed by atoms with E-state index < -0.39 is 0 Å². The van der Waals surface area contributed by atoms with Gasteiger partial charge in [0.1, 0.15) is 0 Å². The van der Waals surface area contributed by atoms with Crippen LogP contribution >= 0.6 is 23.2 Å². The number of halogens is 2. The first kappa shape index (κ1) is 15.5. The van der Waals surface area contributed by atoms with E-state index in [0.717, 1.165) is 11.1 Å². The highest BCUT2D eigenvalue weighted by Gasteiger charge is 2.15. The Morgan fingerprint density at radius 1 is 0.957 bits per heavy atom. The SMILES string of the molecule is O=C(Cc1ccc(Cl)cc1)Nc1nonc1-c1ccc(Cl)cc1. The molecule has 0 radical (unpaired) electrons. The number of nitrogens with one attached hydrogen (secondary N) is 1. The van der Waals surface area contributed by atoms with Crippen LogP contribution in [0.5, 0.6) is 0 Å². The molecule has 0 atom stereocenters. The molecule has 0 fully saturated rings. The maximum atomic E-state index is 12.1. The molecule has 1 amide bonds. The Labute approximate surface area is 142 Å². The summed E-state index contributed by atoms with van der Waals surface area (Å²) in [5.41, 5.74) is 2.04. The van der Waals surface area contributed by atoms with Crippen molar-refractivity contribution in [1.29, 1.82) is 0 Å². The number of carbonyl (C=O) groups is 1. The number of benzene rings is 2. The fourth-order valence-corrected chi connectivity index (χ4v) is 2.28. The van der Waals surface area contributed by atoms with Crippen LogP contribution in [0.4, 0.5) is 5.82 Å². The third-order valence-electron chi connectivity index (χ3n) is 3.14. The molecule has 1 N–H and O–H groups in total. The van der Waals surface area contributed by atoms with Crippen molar-refractivity contribution in [2.75, 3.05) is 5.32 Å². The third kappa shape index (κ3) is 3.88. The molecule has 0 aliphatic carbocycles. The second-order valence-electron chi connectivity index (χ2n) is 4.82. The van der Waals surface area contributed by atoms with Crippen molar-refractivity contribution >= 4 is 34.9 Å². The maximum absolute atomic E-state index is 12.1. The summed E-state index contributed by atoms with van der Waals surface area (Å²) in [4.78, 5) is 12.1. The molecule has 0 saturated heterocycles. The van der Waals surface area contributed by atoms with Crippen LogP contribution < -0.4 is 5.32 Å². The molecule has 1 heterocycles. The summed E-state index contributed by atoms with van der Waals surface area (Å²) in [6, 6.07) is 14.1. The van der Waals surface area contributed by atoms with Gasteiger partial charge in [0, 0.05) is 15.6 Å². The minimum absolute atomic E-state index is 0.198. The first-order valence-corrected chi connectivity index (χ1v) is 7.50. The molecule has 5 nitrogen and oxygen atoms in total. The van der Waals surface area contributed by atoms with Gasteiger partial charge in [0.15, 0.2) is 5.69 Å². The Morgan fingerprint density at radius 2 is 1.57 bits per heavy atom. The number of aromatic nitrogens is 2. The van der Waals surface area contributed by atoms with Gasteiger partial charge in [0.05, 0.1) is 6.42 Å². The van der Waals surface area contributed by atoms with Gasteiger partial charge in [-0.2, -0.15) is 0 Å². The van der Waals surface area contributed by atoms with Crippen LogP contribution in [0.2, 0.25) is 10.0 Å². The van der Waals surface area contributed by atoms with Crippen LogP contribution in [-0.2, 0) is 11.2 Å². The summed E-state index contributed by atoms with van der Waals surface area (Å²) < 4.78 is 4.73. The van der Waals surface area contributed by atoms with Crippen LogP contribution in [-0.4, -0.2) is 16.2 Å². The summed E-state index contributed by atoms with van der Waals surface area (Å²) in [7, 11) is 0. The molecular formula is C16H11Cl2N3O2. The molecule has 0 aliphatic heterocycles. The Balaban J connectivity index is 1.73. The molecule has 2 aromatic carbocycles. The molecule has 0 aliphatic rings. The normalized spacial score (nSPS) is 10.5. The summed E-state index contributed by atoms with van der Waals surface area (Å²) in [5, 5.41) is 11.5. The fraction of sp³-hybridized carbons (Fsp3) is 0.0625. The number of carbonyl (C=O) groups excluding carboxylic acids is 1. The molecule has 1 aromatic heterocycles. The molecule has 116 valence electrons. The van der Waals surface area contributed by atoms with Gasteiger partial charge in [-0.1, -0.05) is 47.5 Å². The van der Waals surface area contributed by atoms with Crippen molar-refractivity contribution in [3.8, 4) is 11.3 Å². The molecule has 0 bridgehead atoms. The highest BCUT2D eigenvalue weighted by Crippen LogP contribution is 2.25. The van der Waals surface area contributed by atoms with E-state index in [1.807, 2.05) is 0 Å². The lowest BCUT2D eigenvalue weighted by atomic mass is 10.1. The van der Waals surface area contributed by atoms with Crippen molar-refractivity contribution in [3.63, 3.8) is 0 Å². The van der Waals surface area contributed by atoms with Gasteiger partial charge in [-0.3, -0.25) is 4.79 Å². The van der Waals surface area contributed by atoms with Crippen molar-refractivity contribution < 1.29 is 9.42 Å². The van der Waals surface area contributed by atoms with E-state index >= 15 is 0 Å². The second-order valence-corrected chi connectivity index (χ2v) is 5.69. The number of rotatable bonds is 4. The van der Waals surface area contributed by atoms with Crippen LogP contribution in [0.1, 0.15) is 5.56 Å². The summed E-state index contributed by atoms with van der Waals surface area (Å²) in [6.45, 7) is 0. The van der Waals surface area contributed by atoms with E-state index in [1.165, 1.54) is 0 Å². The van der Waals surface area contributed by atoms with Gasteiger partial charge in [0.2, 0.25) is 11.7 Å². The lowest BCUT2D eigenvalue weighted by Crippen LogP contribution is -2.15. The number of nitrogens with zero attached hydrogens (tertiary/aromatic N) is 2. The lowest BCUT2D eigenvalue weighted by molar-refractivity contribution is -0.115. The van der Waals surface area contributed by atoms with Gasteiger partial charge < -0.3 is 5.32 Å². The molecule has 7 heteroatoms. The predicted octanol–water partition coefficient (Wildman–Crippen LogP) is 4.22. The number of hydrogen-bond acceptors (Lipinski definition) is 4. The zero-order valence-corrected chi connectivity index (χ0v) is 13.3. The van der Waals surface area contributed by atoms with E-state index in [0.29, 0.717) is 15.7 Å². The second kappa shape index (κ2) is 6.81. The third-order valence-corrected chi connectivity index (χ3v) is 3.65. The lowest BCUT2D eigenvalue weighted by Gasteiger charge is -2.04. The van der Waals surface area contributed by atoms with E-state index in [2.05, 4.69) is 15.6 Å². The quantitative estimate of drug-likeness (QED) is 0.766. The highest BCUT2D eigenvalue weighted by molar-refractivity contribution is 6.30. The molecule has 3 aromatic rings. The highest BCUT2D eigenvalue weighted by atomic mass is 35.5. The molecular weight excluding hydrogens is 337 g/mol. The predicted molar refractivity (Wildman–Crippen MR) is 88.5 cm³/mol. The van der Waals surface area contributed by atoms with Crippen LogP contribution in [0.15, 0.2) is 53.2 Å². The Bertz CT molecular complexity index is 814. The standard InChI is InChI=1S/C16H11Cl2N3O2/c17-12-5-1-10(2-6-12)9-14(22)19-16-15(20-23-21-16)11-3-7-13(18)8-4-11/h1-8H,9H2,(H,19,21,22). The number of amides is 1. The Hall–Kier alpha value is -2.37. The zero-order chi connectivity index (χ0) is 16.2. The van der Waals surface area contributed by atoms with E-state index in [1.54, 1.807) is 48.5 Å². The zero-order valence-electron chi connectivity index (χ0n) is 11.8. The average molecular weight is 348 g/mol. The van der Waals surface area contributed by atoms with Gasteiger partial charge >= 0.3 is 0 Å². The topological polar surface area (TPSA) is 68.0 Å². The fourth-order valence-electron chi connectivity index (χ4n) is 2.03. The monoisotopic (exact) mass is 347 g/mol. The number of anilines is 1. The number of hydrogen-bond donors (Lipinski definition) is 1. The van der Waals surface area contributed by atoms with Gasteiger partial charge in [-0.05, 0) is 40.1 Å².